The summed E-state index contributed by atoms with van der Waals surface area (Å²) in [6.07, 6.45) is 1.79. The number of carbonyl (C=O) groups excluding carboxylic acids is 1. The van der Waals surface area contributed by atoms with Gasteiger partial charge >= 0.3 is 5.97 Å². The standard InChI is InChI=1S/C14H16INO3/c1-8-4-3-5-11(12(8)15)13(17)16(10-6-7-10)9(2)14(18)19/h3-5,9-10H,6-7H2,1-2H3,(H,18,19). The van der Waals surface area contributed by atoms with Gasteiger partial charge in [0.05, 0.1) is 5.56 Å². The predicted octanol–water partition coefficient (Wildman–Crippen LogP) is 2.68. The molecule has 0 saturated heterocycles. The molecule has 19 heavy (non-hydrogen) atoms. The summed E-state index contributed by atoms with van der Waals surface area (Å²) < 4.78 is 0.897. The maximum absolute atomic E-state index is 12.6. The molecule has 1 aliphatic rings. The lowest BCUT2D eigenvalue weighted by atomic mass is 10.1. The van der Waals surface area contributed by atoms with Gasteiger partial charge in [0.25, 0.3) is 5.91 Å². The minimum Gasteiger partial charge on any atom is -0.480 e. The van der Waals surface area contributed by atoms with Crippen LogP contribution in [0.4, 0.5) is 0 Å². The first-order valence-electron chi connectivity index (χ1n) is 6.24. The van der Waals surface area contributed by atoms with Crippen LogP contribution in [0.5, 0.6) is 0 Å². The summed E-state index contributed by atoms with van der Waals surface area (Å²) in [5.41, 5.74) is 1.63. The van der Waals surface area contributed by atoms with Crippen LogP contribution in [0.1, 0.15) is 35.7 Å². The SMILES string of the molecule is Cc1cccc(C(=O)N(C2CC2)C(C)C(=O)O)c1I. The van der Waals surface area contributed by atoms with Gasteiger partial charge in [-0.2, -0.15) is 0 Å². The number of rotatable bonds is 4. The van der Waals surface area contributed by atoms with Crippen LogP contribution in [0.3, 0.4) is 0 Å². The quantitative estimate of drug-likeness (QED) is 0.826. The Kier molecular flexibility index (Phi) is 4.13. The number of hydrogen-bond acceptors (Lipinski definition) is 2. The number of halogens is 1. The zero-order chi connectivity index (χ0) is 14.2. The lowest BCUT2D eigenvalue weighted by Gasteiger charge is -2.27. The third-order valence-corrected chi connectivity index (χ3v) is 4.80. The highest BCUT2D eigenvalue weighted by Crippen LogP contribution is 2.31. The number of nitrogens with zero attached hydrogens (tertiary/aromatic N) is 1. The third kappa shape index (κ3) is 2.91. The average Bonchev–Trinajstić information content (AvgIpc) is 3.17. The zero-order valence-electron chi connectivity index (χ0n) is 10.9. The highest BCUT2D eigenvalue weighted by atomic mass is 127. The van der Waals surface area contributed by atoms with E-state index in [1.807, 2.05) is 19.1 Å². The van der Waals surface area contributed by atoms with Gasteiger partial charge in [0.1, 0.15) is 6.04 Å². The highest BCUT2D eigenvalue weighted by molar-refractivity contribution is 14.1. The summed E-state index contributed by atoms with van der Waals surface area (Å²) in [6.45, 7) is 3.52. The Bertz CT molecular complexity index is 525. The molecular weight excluding hydrogens is 357 g/mol. The molecule has 1 N–H and O–H groups in total. The zero-order valence-corrected chi connectivity index (χ0v) is 13.0. The molecule has 1 amide bonds. The Hall–Kier alpha value is -1.11. The number of carbonyl (C=O) groups is 2. The van der Waals surface area contributed by atoms with Crippen molar-refractivity contribution in [2.75, 3.05) is 0 Å². The molecule has 1 fully saturated rings. The smallest absolute Gasteiger partial charge is 0.326 e. The summed E-state index contributed by atoms with van der Waals surface area (Å²) in [5, 5.41) is 9.15. The van der Waals surface area contributed by atoms with E-state index >= 15 is 0 Å². The Morgan fingerprint density at radius 1 is 1.42 bits per heavy atom. The van der Waals surface area contributed by atoms with Gasteiger partial charge in [-0.05, 0) is 60.9 Å². The van der Waals surface area contributed by atoms with Gasteiger partial charge in [0.2, 0.25) is 0 Å². The molecule has 4 nitrogen and oxygen atoms in total. The van der Waals surface area contributed by atoms with Gasteiger partial charge in [-0.15, -0.1) is 0 Å². The van der Waals surface area contributed by atoms with Crippen LogP contribution in [0, 0.1) is 10.5 Å². The van der Waals surface area contributed by atoms with Crippen LogP contribution in [0.25, 0.3) is 0 Å². The van der Waals surface area contributed by atoms with Crippen LogP contribution in [-0.2, 0) is 4.79 Å². The fraction of sp³-hybridized carbons (Fsp3) is 0.429. The van der Waals surface area contributed by atoms with Crippen molar-refractivity contribution in [1.82, 2.24) is 4.90 Å². The molecule has 0 radical (unpaired) electrons. The fourth-order valence-corrected chi connectivity index (χ4v) is 2.67. The Balaban J connectivity index is 2.34. The maximum Gasteiger partial charge on any atom is 0.326 e. The number of aliphatic carboxylic acids is 1. The first-order chi connectivity index (χ1) is 8.93. The van der Waals surface area contributed by atoms with Crippen molar-refractivity contribution >= 4 is 34.5 Å². The molecule has 5 heteroatoms. The summed E-state index contributed by atoms with van der Waals surface area (Å²) in [6, 6.07) is 4.84. The second-order valence-electron chi connectivity index (χ2n) is 4.89. The average molecular weight is 373 g/mol. The van der Waals surface area contributed by atoms with Crippen LogP contribution in [-0.4, -0.2) is 34.0 Å². The first kappa shape index (κ1) is 14.3. The van der Waals surface area contributed by atoms with Crippen LogP contribution in [0.2, 0.25) is 0 Å². The van der Waals surface area contributed by atoms with Crippen molar-refractivity contribution in [3.05, 3.63) is 32.9 Å². The third-order valence-electron chi connectivity index (χ3n) is 3.37. The van der Waals surface area contributed by atoms with Gasteiger partial charge in [0, 0.05) is 9.61 Å². The molecule has 0 bridgehead atoms. The molecular formula is C14H16INO3. The van der Waals surface area contributed by atoms with Gasteiger partial charge < -0.3 is 10.0 Å². The molecule has 0 spiro atoms. The maximum atomic E-state index is 12.6. The predicted molar refractivity (Wildman–Crippen MR) is 80.2 cm³/mol. The van der Waals surface area contributed by atoms with E-state index in [1.54, 1.807) is 13.0 Å². The monoisotopic (exact) mass is 373 g/mol. The number of carboxylic acid groups (broad SMARTS) is 1. The first-order valence-corrected chi connectivity index (χ1v) is 7.32. The van der Waals surface area contributed by atoms with Crippen molar-refractivity contribution in [2.45, 2.75) is 38.8 Å². The van der Waals surface area contributed by atoms with E-state index in [0.29, 0.717) is 5.56 Å². The van der Waals surface area contributed by atoms with E-state index in [4.69, 9.17) is 5.11 Å². The summed E-state index contributed by atoms with van der Waals surface area (Å²) in [4.78, 5) is 25.3. The van der Waals surface area contributed by atoms with Crippen molar-refractivity contribution in [2.24, 2.45) is 0 Å². The summed E-state index contributed by atoms with van der Waals surface area (Å²) >= 11 is 2.14. The Morgan fingerprint density at radius 2 is 2.05 bits per heavy atom. The van der Waals surface area contributed by atoms with Crippen LogP contribution in [0.15, 0.2) is 18.2 Å². The number of amides is 1. The molecule has 0 aliphatic heterocycles. The largest absolute Gasteiger partial charge is 0.480 e. The van der Waals surface area contributed by atoms with Crippen molar-refractivity contribution in [3.8, 4) is 0 Å². The minimum absolute atomic E-state index is 0.0786. The number of aryl methyl sites for hydroxylation is 1. The molecule has 1 aromatic carbocycles. The molecule has 1 aliphatic carbocycles. The normalized spacial score (nSPS) is 15.9. The Morgan fingerprint density at radius 3 is 2.58 bits per heavy atom. The van der Waals surface area contributed by atoms with Crippen molar-refractivity contribution in [1.29, 1.82) is 0 Å². The lowest BCUT2D eigenvalue weighted by molar-refractivity contribution is -0.141. The van der Waals surface area contributed by atoms with E-state index in [1.165, 1.54) is 4.90 Å². The highest BCUT2D eigenvalue weighted by Gasteiger charge is 2.39. The van der Waals surface area contributed by atoms with Gasteiger partial charge in [-0.3, -0.25) is 4.79 Å². The molecule has 0 heterocycles. The van der Waals surface area contributed by atoms with Crippen LogP contribution >= 0.6 is 22.6 Å². The summed E-state index contributed by atoms with van der Waals surface area (Å²) in [7, 11) is 0. The van der Waals surface area contributed by atoms with Gasteiger partial charge in [0.15, 0.2) is 0 Å². The molecule has 1 aromatic rings. The fourth-order valence-electron chi connectivity index (χ4n) is 2.08. The van der Waals surface area contributed by atoms with Gasteiger partial charge in [-0.1, -0.05) is 12.1 Å². The van der Waals surface area contributed by atoms with Crippen LogP contribution < -0.4 is 0 Å². The lowest BCUT2D eigenvalue weighted by Crippen LogP contribution is -2.45. The second kappa shape index (κ2) is 5.48. The molecule has 102 valence electrons. The Labute approximate surface area is 125 Å². The second-order valence-corrected chi connectivity index (χ2v) is 5.97. The van der Waals surface area contributed by atoms with E-state index in [9.17, 15) is 9.59 Å². The minimum atomic E-state index is -0.956. The molecule has 1 unspecified atom stereocenters. The number of benzene rings is 1. The van der Waals surface area contributed by atoms with Crippen molar-refractivity contribution in [3.63, 3.8) is 0 Å². The topological polar surface area (TPSA) is 57.6 Å². The molecule has 1 saturated carbocycles. The van der Waals surface area contributed by atoms with E-state index in [-0.39, 0.29) is 11.9 Å². The van der Waals surface area contributed by atoms with E-state index in [2.05, 4.69) is 22.6 Å². The van der Waals surface area contributed by atoms with E-state index in [0.717, 1.165) is 22.0 Å². The number of carboxylic acids is 1. The molecule has 2 rings (SSSR count). The summed E-state index contributed by atoms with van der Waals surface area (Å²) in [5.74, 6) is -1.13. The molecule has 1 atom stereocenters. The van der Waals surface area contributed by atoms with Gasteiger partial charge in [-0.25, -0.2) is 4.79 Å². The number of hydrogen-bond donors (Lipinski definition) is 1. The van der Waals surface area contributed by atoms with E-state index < -0.39 is 12.0 Å². The molecule has 0 aromatic heterocycles. The van der Waals surface area contributed by atoms with Crippen molar-refractivity contribution < 1.29 is 14.7 Å².